The van der Waals surface area contributed by atoms with E-state index in [4.69, 9.17) is 5.11 Å². The van der Waals surface area contributed by atoms with E-state index in [1.807, 2.05) is 0 Å². The zero-order valence-electron chi connectivity index (χ0n) is 12.6. The van der Waals surface area contributed by atoms with Crippen LogP contribution < -0.4 is 5.32 Å². The van der Waals surface area contributed by atoms with E-state index in [1.54, 1.807) is 18.7 Å². The first kappa shape index (κ1) is 15.6. The molecular weight excluding hydrogens is 274 g/mol. The molecule has 7 heteroatoms. The van der Waals surface area contributed by atoms with Crippen LogP contribution in [0.1, 0.15) is 33.1 Å². The van der Waals surface area contributed by atoms with E-state index in [-0.39, 0.29) is 18.5 Å². The van der Waals surface area contributed by atoms with Crippen LogP contribution in [0.15, 0.2) is 0 Å². The van der Waals surface area contributed by atoms with E-state index in [0.717, 1.165) is 25.9 Å². The Hall–Kier alpha value is -1.79. The van der Waals surface area contributed by atoms with Crippen molar-refractivity contribution in [3.05, 3.63) is 0 Å². The third-order valence-corrected chi connectivity index (χ3v) is 4.41. The second kappa shape index (κ2) is 5.91. The average molecular weight is 297 g/mol. The molecule has 0 radical (unpaired) electrons. The number of hydrogen-bond donors (Lipinski definition) is 2. The van der Waals surface area contributed by atoms with Gasteiger partial charge in [-0.15, -0.1) is 0 Å². The molecule has 118 valence electrons. The van der Waals surface area contributed by atoms with Gasteiger partial charge in [-0.25, -0.2) is 4.79 Å². The Bertz CT molecular complexity index is 448. The number of carboxylic acid groups (broad SMARTS) is 1. The second-order valence-electron chi connectivity index (χ2n) is 6.24. The molecule has 2 fully saturated rings. The largest absolute Gasteiger partial charge is 0.481 e. The van der Waals surface area contributed by atoms with E-state index in [9.17, 15) is 14.4 Å². The number of hydrogen-bond acceptors (Lipinski definition) is 3. The fraction of sp³-hybridized carbons (Fsp3) is 0.786. The maximum Gasteiger partial charge on any atom is 0.318 e. The molecular formula is C14H23N3O4. The lowest BCUT2D eigenvalue weighted by Crippen LogP contribution is -2.50. The van der Waals surface area contributed by atoms with Crippen LogP contribution in [0.4, 0.5) is 4.79 Å². The van der Waals surface area contributed by atoms with Crippen LogP contribution in [0.25, 0.3) is 0 Å². The van der Waals surface area contributed by atoms with Gasteiger partial charge in [0, 0.05) is 26.2 Å². The molecule has 2 aliphatic rings. The summed E-state index contributed by atoms with van der Waals surface area (Å²) in [4.78, 5) is 38.7. The molecule has 0 spiro atoms. The number of nitrogens with zero attached hydrogens (tertiary/aromatic N) is 2. The molecule has 0 aliphatic carbocycles. The molecule has 2 rings (SSSR count). The molecule has 3 amide bonds. The van der Waals surface area contributed by atoms with Gasteiger partial charge in [0.1, 0.15) is 6.04 Å². The van der Waals surface area contributed by atoms with Crippen molar-refractivity contribution < 1.29 is 19.5 Å². The first-order valence-electron chi connectivity index (χ1n) is 7.41. The van der Waals surface area contributed by atoms with Crippen LogP contribution >= 0.6 is 0 Å². The van der Waals surface area contributed by atoms with Crippen molar-refractivity contribution in [2.24, 2.45) is 5.41 Å². The molecule has 0 aromatic rings. The van der Waals surface area contributed by atoms with E-state index < -0.39 is 17.4 Å². The van der Waals surface area contributed by atoms with Crippen molar-refractivity contribution in [3.8, 4) is 0 Å². The average Bonchev–Trinajstić information content (AvgIpc) is 3.07. The number of carbonyl (C=O) groups excluding carboxylic acids is 2. The van der Waals surface area contributed by atoms with E-state index in [1.165, 1.54) is 4.90 Å². The van der Waals surface area contributed by atoms with E-state index >= 15 is 0 Å². The zero-order chi connectivity index (χ0) is 15.6. The predicted molar refractivity (Wildman–Crippen MR) is 75.7 cm³/mol. The number of urea groups is 1. The van der Waals surface area contributed by atoms with Crippen molar-refractivity contribution >= 4 is 17.9 Å². The molecule has 7 nitrogen and oxygen atoms in total. The minimum absolute atomic E-state index is 0.0685. The van der Waals surface area contributed by atoms with Crippen molar-refractivity contribution in [1.82, 2.24) is 15.1 Å². The lowest BCUT2D eigenvalue weighted by Gasteiger charge is -2.25. The highest BCUT2D eigenvalue weighted by molar-refractivity contribution is 5.87. The molecule has 2 saturated heterocycles. The second-order valence-corrected chi connectivity index (χ2v) is 6.24. The highest BCUT2D eigenvalue weighted by atomic mass is 16.4. The number of aliphatic carboxylic acids is 1. The number of carbonyl (C=O) groups is 3. The Kier molecular flexibility index (Phi) is 4.39. The predicted octanol–water partition coefficient (Wildman–Crippen LogP) is 0.504. The van der Waals surface area contributed by atoms with Gasteiger partial charge in [0.25, 0.3) is 0 Å². The van der Waals surface area contributed by atoms with Gasteiger partial charge < -0.3 is 20.2 Å². The molecule has 0 saturated carbocycles. The lowest BCUT2D eigenvalue weighted by atomic mass is 9.90. The third-order valence-electron chi connectivity index (χ3n) is 4.41. The highest BCUT2D eigenvalue weighted by Crippen LogP contribution is 2.30. The quantitative estimate of drug-likeness (QED) is 0.794. The minimum atomic E-state index is -0.890. The summed E-state index contributed by atoms with van der Waals surface area (Å²) in [6.07, 6.45) is 2.45. The summed E-state index contributed by atoms with van der Waals surface area (Å²) in [5, 5.41) is 11.8. The first-order chi connectivity index (χ1) is 9.83. The standard InChI is InChI=1S/C14H23N3O4/c1-10(11(18)16-6-3-4-7-16)15-13(21)17-8-5-14(2,9-17)12(19)20/h10H,3-9H2,1-2H3,(H,15,21)(H,19,20). The zero-order valence-corrected chi connectivity index (χ0v) is 12.6. The van der Waals surface area contributed by atoms with Gasteiger partial charge in [0.05, 0.1) is 5.41 Å². The normalized spacial score (nSPS) is 26.8. The number of rotatable bonds is 3. The number of amides is 3. The number of likely N-dealkylation sites (tertiary alicyclic amines) is 2. The van der Waals surface area contributed by atoms with Crippen LogP contribution in [0.2, 0.25) is 0 Å². The van der Waals surface area contributed by atoms with Crippen molar-refractivity contribution in [2.45, 2.75) is 39.2 Å². The van der Waals surface area contributed by atoms with Gasteiger partial charge in [0.2, 0.25) is 5.91 Å². The van der Waals surface area contributed by atoms with Gasteiger partial charge in [-0.3, -0.25) is 9.59 Å². The maximum absolute atomic E-state index is 12.1. The molecule has 21 heavy (non-hydrogen) atoms. The van der Waals surface area contributed by atoms with Crippen LogP contribution in [-0.4, -0.2) is 65.0 Å². The van der Waals surface area contributed by atoms with Gasteiger partial charge in [-0.05, 0) is 33.1 Å². The Labute approximate surface area is 124 Å². The van der Waals surface area contributed by atoms with Crippen molar-refractivity contribution in [2.75, 3.05) is 26.2 Å². The molecule has 0 aromatic carbocycles. The summed E-state index contributed by atoms with van der Waals surface area (Å²) in [5.74, 6) is -0.958. The Morgan fingerprint density at radius 3 is 2.29 bits per heavy atom. The molecule has 0 aromatic heterocycles. The molecule has 2 N–H and O–H groups in total. The summed E-state index contributed by atoms with van der Waals surface area (Å²) < 4.78 is 0. The Morgan fingerprint density at radius 1 is 1.14 bits per heavy atom. The van der Waals surface area contributed by atoms with Crippen LogP contribution in [0.3, 0.4) is 0 Å². The highest BCUT2D eigenvalue weighted by Gasteiger charge is 2.42. The molecule has 2 heterocycles. The van der Waals surface area contributed by atoms with Gasteiger partial charge in [0.15, 0.2) is 0 Å². The SMILES string of the molecule is CC(NC(=O)N1CCC(C)(C(=O)O)C1)C(=O)N1CCCC1. The van der Waals surface area contributed by atoms with Crippen molar-refractivity contribution in [3.63, 3.8) is 0 Å². The van der Waals surface area contributed by atoms with Gasteiger partial charge in [-0.2, -0.15) is 0 Å². The summed E-state index contributed by atoms with van der Waals surface area (Å²) in [7, 11) is 0. The number of nitrogens with one attached hydrogen (secondary N) is 1. The Morgan fingerprint density at radius 2 is 1.76 bits per heavy atom. The van der Waals surface area contributed by atoms with Gasteiger partial charge >= 0.3 is 12.0 Å². The fourth-order valence-electron chi connectivity index (χ4n) is 2.86. The van der Waals surface area contributed by atoms with Crippen molar-refractivity contribution in [1.29, 1.82) is 0 Å². The Balaban J connectivity index is 1.87. The van der Waals surface area contributed by atoms with Crippen LogP contribution in [0.5, 0.6) is 0 Å². The van der Waals surface area contributed by atoms with E-state index in [2.05, 4.69) is 5.32 Å². The minimum Gasteiger partial charge on any atom is -0.481 e. The smallest absolute Gasteiger partial charge is 0.318 e. The summed E-state index contributed by atoms with van der Waals surface area (Å²) >= 11 is 0. The molecule has 0 bridgehead atoms. The lowest BCUT2D eigenvalue weighted by molar-refractivity contribution is -0.147. The topological polar surface area (TPSA) is 90.0 Å². The monoisotopic (exact) mass is 297 g/mol. The van der Waals surface area contributed by atoms with Crippen LogP contribution in [-0.2, 0) is 9.59 Å². The molecule has 2 aliphatic heterocycles. The fourth-order valence-corrected chi connectivity index (χ4v) is 2.86. The molecule has 2 atom stereocenters. The van der Waals surface area contributed by atoms with E-state index in [0.29, 0.717) is 13.0 Å². The van der Waals surface area contributed by atoms with Gasteiger partial charge in [-0.1, -0.05) is 0 Å². The summed E-state index contributed by atoms with van der Waals surface area (Å²) in [5.41, 5.74) is -0.889. The third kappa shape index (κ3) is 3.28. The summed E-state index contributed by atoms with van der Waals surface area (Å²) in [6, 6.07) is -0.938. The van der Waals surface area contributed by atoms with Crippen LogP contribution in [0, 0.1) is 5.41 Å². The molecule has 2 unspecified atom stereocenters. The maximum atomic E-state index is 12.1. The number of carboxylic acids is 1. The first-order valence-corrected chi connectivity index (χ1v) is 7.41. The summed E-state index contributed by atoms with van der Waals surface area (Å²) in [6.45, 7) is 5.39.